The van der Waals surface area contributed by atoms with Gasteiger partial charge in [0.05, 0.1) is 12.3 Å². The lowest BCUT2D eigenvalue weighted by Crippen LogP contribution is -2.39. The van der Waals surface area contributed by atoms with E-state index in [4.69, 9.17) is 14.3 Å². The zero-order valence-corrected chi connectivity index (χ0v) is 13.7. The summed E-state index contributed by atoms with van der Waals surface area (Å²) >= 11 is 0. The predicted molar refractivity (Wildman–Crippen MR) is 85.7 cm³/mol. The number of ether oxygens (including phenoxy) is 2. The third kappa shape index (κ3) is 3.25. The Labute approximate surface area is 136 Å². The van der Waals surface area contributed by atoms with Crippen LogP contribution in [-0.2, 0) is 9.63 Å². The number of fused-ring (bicyclic) bond motifs is 1. The summed E-state index contributed by atoms with van der Waals surface area (Å²) in [6, 6.07) is 5.76. The third-order valence-corrected chi connectivity index (χ3v) is 4.05. The van der Waals surface area contributed by atoms with Gasteiger partial charge in [0.15, 0.2) is 17.6 Å². The molecule has 1 aromatic rings. The average molecular weight is 318 g/mol. The first kappa shape index (κ1) is 15.6. The first-order valence-corrected chi connectivity index (χ1v) is 8.00. The monoisotopic (exact) mass is 318 g/mol. The molecule has 1 amide bonds. The van der Waals surface area contributed by atoms with Crippen LogP contribution in [0.15, 0.2) is 23.4 Å². The van der Waals surface area contributed by atoms with E-state index in [0.717, 1.165) is 22.8 Å². The molecule has 0 bridgehead atoms. The summed E-state index contributed by atoms with van der Waals surface area (Å²) in [5.41, 5.74) is 1.84. The maximum absolute atomic E-state index is 12.1. The summed E-state index contributed by atoms with van der Waals surface area (Å²) in [6.07, 6.45) is 0.583. The second-order valence-corrected chi connectivity index (χ2v) is 6.07. The summed E-state index contributed by atoms with van der Waals surface area (Å²) in [5, 5.41) is 4.19. The molecule has 2 aliphatic heterocycles. The number of hydrogen-bond acceptors (Lipinski definition) is 5. The highest BCUT2D eigenvalue weighted by atomic mass is 16.7. The smallest absolute Gasteiger partial charge is 0.231 e. The van der Waals surface area contributed by atoms with Crippen LogP contribution in [0.2, 0.25) is 0 Å². The molecule has 6 nitrogen and oxygen atoms in total. The largest absolute Gasteiger partial charge is 0.454 e. The van der Waals surface area contributed by atoms with Gasteiger partial charge in [0.1, 0.15) is 0 Å². The highest BCUT2D eigenvalue weighted by Crippen LogP contribution is 2.33. The lowest BCUT2D eigenvalue weighted by Gasteiger charge is -2.24. The summed E-state index contributed by atoms with van der Waals surface area (Å²) in [5.74, 6) is 1.63. The fraction of sp³-hybridized carbons (Fsp3) is 0.529. The molecule has 0 N–H and O–H groups in total. The van der Waals surface area contributed by atoms with Crippen molar-refractivity contribution in [1.29, 1.82) is 0 Å². The highest BCUT2D eigenvalue weighted by Gasteiger charge is 2.27. The quantitative estimate of drug-likeness (QED) is 0.836. The molecule has 2 heterocycles. The van der Waals surface area contributed by atoms with E-state index in [0.29, 0.717) is 19.5 Å². The highest BCUT2D eigenvalue weighted by molar-refractivity contribution is 6.01. The number of likely N-dealkylation sites (N-methyl/N-ethyl adjacent to an activating group) is 1. The second kappa shape index (κ2) is 6.48. The van der Waals surface area contributed by atoms with Crippen LogP contribution in [-0.4, -0.2) is 42.5 Å². The van der Waals surface area contributed by atoms with Crippen LogP contribution in [0.4, 0.5) is 0 Å². The second-order valence-electron chi connectivity index (χ2n) is 6.07. The molecule has 0 saturated carbocycles. The van der Waals surface area contributed by atoms with Gasteiger partial charge in [-0.15, -0.1) is 0 Å². The molecule has 0 aromatic heterocycles. The summed E-state index contributed by atoms with van der Waals surface area (Å²) in [6.45, 7) is 7.30. The molecule has 0 radical (unpaired) electrons. The van der Waals surface area contributed by atoms with E-state index in [2.05, 4.69) is 5.16 Å². The minimum absolute atomic E-state index is 0.00870. The Morgan fingerprint density at radius 1 is 1.35 bits per heavy atom. The van der Waals surface area contributed by atoms with Crippen LogP contribution in [0.25, 0.3) is 0 Å². The number of amides is 1. The predicted octanol–water partition coefficient (Wildman–Crippen LogP) is 2.41. The molecule has 3 rings (SSSR count). The Bertz CT molecular complexity index is 627. The maximum atomic E-state index is 12.1. The molecule has 6 heteroatoms. The van der Waals surface area contributed by atoms with E-state index in [1.54, 1.807) is 0 Å². The number of oxime groups is 1. The van der Waals surface area contributed by atoms with Gasteiger partial charge in [0.25, 0.3) is 0 Å². The summed E-state index contributed by atoms with van der Waals surface area (Å²) in [7, 11) is 0. The lowest BCUT2D eigenvalue weighted by atomic mass is 10.0. The van der Waals surface area contributed by atoms with Crippen molar-refractivity contribution in [3.8, 4) is 11.5 Å². The number of benzene rings is 1. The number of nitrogens with zero attached hydrogens (tertiary/aromatic N) is 2. The maximum Gasteiger partial charge on any atom is 0.231 e. The van der Waals surface area contributed by atoms with E-state index >= 15 is 0 Å². The van der Waals surface area contributed by atoms with E-state index in [1.807, 2.05) is 43.9 Å². The van der Waals surface area contributed by atoms with Gasteiger partial charge in [0, 0.05) is 24.4 Å². The molecule has 1 unspecified atom stereocenters. The van der Waals surface area contributed by atoms with Crippen molar-refractivity contribution in [2.75, 3.05) is 19.9 Å². The Morgan fingerprint density at radius 3 is 2.87 bits per heavy atom. The van der Waals surface area contributed by atoms with Gasteiger partial charge >= 0.3 is 0 Å². The van der Waals surface area contributed by atoms with Crippen molar-refractivity contribution in [3.05, 3.63) is 23.8 Å². The zero-order chi connectivity index (χ0) is 16.4. The third-order valence-electron chi connectivity index (χ3n) is 4.05. The topological polar surface area (TPSA) is 60.4 Å². The van der Waals surface area contributed by atoms with E-state index < -0.39 is 0 Å². The number of hydrogen-bond donors (Lipinski definition) is 0. The molecular formula is C17H22N2O4. The SMILES string of the molecule is CCN(CC1CC(c2ccc3c(c2)OCO3)=NO1)C(=O)C(C)C. The first-order valence-electron chi connectivity index (χ1n) is 8.00. The molecule has 0 fully saturated rings. The fourth-order valence-electron chi connectivity index (χ4n) is 2.76. The summed E-state index contributed by atoms with van der Waals surface area (Å²) in [4.78, 5) is 19.5. The van der Waals surface area contributed by atoms with Crippen molar-refractivity contribution in [2.45, 2.75) is 33.3 Å². The van der Waals surface area contributed by atoms with Gasteiger partial charge in [-0.2, -0.15) is 0 Å². The molecule has 2 aliphatic rings. The molecule has 0 aliphatic carbocycles. The van der Waals surface area contributed by atoms with Crippen molar-refractivity contribution in [3.63, 3.8) is 0 Å². The summed E-state index contributed by atoms with van der Waals surface area (Å²) < 4.78 is 10.7. The molecular weight excluding hydrogens is 296 g/mol. The number of rotatable bonds is 5. The van der Waals surface area contributed by atoms with E-state index in [9.17, 15) is 4.79 Å². The van der Waals surface area contributed by atoms with Gasteiger partial charge in [-0.25, -0.2) is 0 Å². The van der Waals surface area contributed by atoms with Crippen LogP contribution < -0.4 is 9.47 Å². The average Bonchev–Trinajstić information content (AvgIpc) is 3.19. The Hall–Kier alpha value is -2.24. The minimum Gasteiger partial charge on any atom is -0.454 e. The van der Waals surface area contributed by atoms with Gasteiger partial charge in [-0.1, -0.05) is 19.0 Å². The van der Waals surface area contributed by atoms with Crippen LogP contribution in [0.5, 0.6) is 11.5 Å². The molecule has 124 valence electrons. The number of carbonyl (C=O) groups excluding carboxylic acids is 1. The van der Waals surface area contributed by atoms with Crippen LogP contribution >= 0.6 is 0 Å². The van der Waals surface area contributed by atoms with Crippen molar-refractivity contribution in [2.24, 2.45) is 11.1 Å². The van der Waals surface area contributed by atoms with Gasteiger partial charge in [-0.3, -0.25) is 4.79 Å². The van der Waals surface area contributed by atoms with Crippen LogP contribution in [0.1, 0.15) is 32.8 Å². The van der Waals surface area contributed by atoms with Crippen LogP contribution in [0.3, 0.4) is 0 Å². The Kier molecular flexibility index (Phi) is 4.41. The normalized spacial score (nSPS) is 18.8. The fourth-order valence-corrected chi connectivity index (χ4v) is 2.76. The van der Waals surface area contributed by atoms with E-state index in [-0.39, 0.29) is 24.7 Å². The van der Waals surface area contributed by atoms with Crippen molar-refractivity contribution in [1.82, 2.24) is 4.90 Å². The van der Waals surface area contributed by atoms with Crippen LogP contribution in [0, 0.1) is 5.92 Å². The van der Waals surface area contributed by atoms with Crippen molar-refractivity contribution >= 4 is 11.6 Å². The van der Waals surface area contributed by atoms with Gasteiger partial charge < -0.3 is 19.2 Å². The van der Waals surface area contributed by atoms with Gasteiger partial charge in [0.2, 0.25) is 12.7 Å². The minimum atomic E-state index is -0.0990. The standard InChI is InChI=1S/C17H22N2O4/c1-4-19(17(20)11(2)3)9-13-8-14(18-23-13)12-5-6-15-16(7-12)22-10-21-15/h5-7,11,13H,4,8-10H2,1-3H3. The molecule has 1 aromatic carbocycles. The Morgan fingerprint density at radius 2 is 2.13 bits per heavy atom. The molecule has 0 saturated heterocycles. The first-order chi connectivity index (χ1) is 11.1. The lowest BCUT2D eigenvalue weighted by molar-refractivity contribution is -0.136. The molecule has 1 atom stereocenters. The van der Waals surface area contributed by atoms with Crippen molar-refractivity contribution < 1.29 is 19.1 Å². The molecule has 0 spiro atoms. The van der Waals surface area contributed by atoms with E-state index in [1.165, 1.54) is 0 Å². The molecule has 23 heavy (non-hydrogen) atoms. The Balaban J connectivity index is 1.63. The van der Waals surface area contributed by atoms with Gasteiger partial charge in [-0.05, 0) is 25.1 Å². The number of carbonyl (C=O) groups is 1. The zero-order valence-electron chi connectivity index (χ0n) is 13.7.